The first-order chi connectivity index (χ1) is 9.65. The van der Waals surface area contributed by atoms with E-state index >= 15 is 0 Å². The van der Waals surface area contributed by atoms with Crippen molar-refractivity contribution in [2.45, 2.75) is 12.6 Å². The van der Waals surface area contributed by atoms with Crippen LogP contribution in [0.1, 0.15) is 11.1 Å². The SMILES string of the molecule is CN1Cc2ccc(Cl)cc2/C(=C\C2COCCN2)C1=O. The maximum Gasteiger partial charge on any atom is 0.254 e. The molecule has 1 unspecified atom stereocenters. The summed E-state index contributed by atoms with van der Waals surface area (Å²) in [5, 5.41) is 3.99. The Morgan fingerprint density at radius 1 is 1.50 bits per heavy atom. The van der Waals surface area contributed by atoms with Gasteiger partial charge in [-0.15, -0.1) is 0 Å². The predicted octanol–water partition coefficient (Wildman–Crippen LogP) is 1.68. The van der Waals surface area contributed by atoms with Gasteiger partial charge in [0.1, 0.15) is 0 Å². The molecule has 1 fully saturated rings. The normalized spacial score (nSPS) is 24.9. The number of likely N-dealkylation sites (N-methyl/N-ethyl adjacent to an activating group) is 1. The fourth-order valence-corrected chi connectivity index (χ4v) is 2.81. The van der Waals surface area contributed by atoms with Crippen molar-refractivity contribution in [3.05, 3.63) is 40.4 Å². The molecule has 106 valence electrons. The quantitative estimate of drug-likeness (QED) is 0.801. The van der Waals surface area contributed by atoms with E-state index in [-0.39, 0.29) is 11.9 Å². The fourth-order valence-electron chi connectivity index (χ4n) is 2.64. The van der Waals surface area contributed by atoms with Gasteiger partial charge in [0.05, 0.1) is 13.2 Å². The van der Waals surface area contributed by atoms with Gasteiger partial charge in [-0.05, 0) is 23.3 Å². The van der Waals surface area contributed by atoms with Gasteiger partial charge in [-0.1, -0.05) is 23.7 Å². The second-order valence-corrected chi connectivity index (χ2v) is 5.61. The largest absolute Gasteiger partial charge is 0.378 e. The lowest BCUT2D eigenvalue weighted by atomic mass is 9.93. The van der Waals surface area contributed by atoms with E-state index in [9.17, 15) is 4.79 Å². The molecular formula is C15H17ClN2O2. The highest BCUT2D eigenvalue weighted by molar-refractivity contribution is 6.31. The molecule has 2 heterocycles. The summed E-state index contributed by atoms with van der Waals surface area (Å²) in [6.07, 6.45) is 1.96. The van der Waals surface area contributed by atoms with Crippen molar-refractivity contribution < 1.29 is 9.53 Å². The number of hydrogen-bond acceptors (Lipinski definition) is 3. The zero-order valence-corrected chi connectivity index (χ0v) is 12.1. The number of ether oxygens (including phenoxy) is 1. The molecule has 0 spiro atoms. The third kappa shape index (κ3) is 2.59. The van der Waals surface area contributed by atoms with E-state index in [1.807, 2.05) is 31.3 Å². The molecule has 1 aromatic carbocycles. The van der Waals surface area contributed by atoms with E-state index in [0.717, 1.165) is 24.3 Å². The third-order valence-electron chi connectivity index (χ3n) is 3.66. The maximum atomic E-state index is 12.4. The number of benzene rings is 1. The summed E-state index contributed by atoms with van der Waals surface area (Å²) in [4.78, 5) is 14.1. The molecule has 1 saturated heterocycles. The van der Waals surface area contributed by atoms with Crippen molar-refractivity contribution in [1.29, 1.82) is 0 Å². The Bertz CT molecular complexity index is 565. The van der Waals surface area contributed by atoms with Gasteiger partial charge in [0, 0.05) is 36.8 Å². The van der Waals surface area contributed by atoms with Gasteiger partial charge < -0.3 is 15.0 Å². The molecule has 20 heavy (non-hydrogen) atoms. The summed E-state index contributed by atoms with van der Waals surface area (Å²) in [6.45, 7) is 2.74. The van der Waals surface area contributed by atoms with Crippen LogP contribution in [0.25, 0.3) is 5.57 Å². The topological polar surface area (TPSA) is 41.6 Å². The minimum absolute atomic E-state index is 0.0344. The summed E-state index contributed by atoms with van der Waals surface area (Å²) in [6, 6.07) is 5.79. The van der Waals surface area contributed by atoms with Gasteiger partial charge in [0.2, 0.25) is 0 Å². The number of amides is 1. The molecular weight excluding hydrogens is 276 g/mol. The van der Waals surface area contributed by atoms with Crippen LogP contribution in [-0.4, -0.2) is 43.7 Å². The molecule has 0 saturated carbocycles. The minimum atomic E-state index is 0.0344. The number of rotatable bonds is 1. The number of halogens is 1. The monoisotopic (exact) mass is 292 g/mol. The first-order valence-electron chi connectivity index (χ1n) is 6.72. The standard InChI is InChI=1S/C15H17ClN2O2/c1-18-8-10-2-3-11(16)6-13(10)14(15(18)19)7-12-9-20-5-4-17-12/h2-3,6-7,12,17H,4-5,8-9H2,1H3/b14-7+. The Morgan fingerprint density at radius 2 is 2.35 bits per heavy atom. The lowest BCUT2D eigenvalue weighted by Gasteiger charge is -2.29. The highest BCUT2D eigenvalue weighted by Gasteiger charge is 2.27. The van der Waals surface area contributed by atoms with Crippen LogP contribution < -0.4 is 5.32 Å². The van der Waals surface area contributed by atoms with Crippen LogP contribution in [-0.2, 0) is 16.1 Å². The Balaban J connectivity index is 2.01. The van der Waals surface area contributed by atoms with E-state index < -0.39 is 0 Å². The van der Waals surface area contributed by atoms with E-state index in [4.69, 9.17) is 16.3 Å². The molecule has 1 amide bonds. The van der Waals surface area contributed by atoms with Crippen molar-refractivity contribution in [3.63, 3.8) is 0 Å². The second kappa shape index (κ2) is 5.56. The number of morpholine rings is 1. The Hall–Kier alpha value is -1.36. The van der Waals surface area contributed by atoms with Gasteiger partial charge in [-0.2, -0.15) is 0 Å². The summed E-state index contributed by atoms with van der Waals surface area (Å²) in [5.74, 6) is 0.0344. The van der Waals surface area contributed by atoms with Gasteiger partial charge in [-0.25, -0.2) is 0 Å². The summed E-state index contributed by atoms with van der Waals surface area (Å²) < 4.78 is 5.44. The molecule has 2 aliphatic heterocycles. The lowest BCUT2D eigenvalue weighted by Crippen LogP contribution is -2.41. The van der Waals surface area contributed by atoms with E-state index in [1.165, 1.54) is 0 Å². The summed E-state index contributed by atoms with van der Waals surface area (Å²) in [5.41, 5.74) is 2.77. The molecule has 3 rings (SSSR count). The van der Waals surface area contributed by atoms with Crippen molar-refractivity contribution in [2.75, 3.05) is 26.8 Å². The number of hydrogen-bond donors (Lipinski definition) is 1. The van der Waals surface area contributed by atoms with Crippen LogP contribution in [0.4, 0.5) is 0 Å². The smallest absolute Gasteiger partial charge is 0.254 e. The second-order valence-electron chi connectivity index (χ2n) is 5.18. The third-order valence-corrected chi connectivity index (χ3v) is 3.90. The molecule has 4 nitrogen and oxygen atoms in total. The van der Waals surface area contributed by atoms with Crippen molar-refractivity contribution in [2.24, 2.45) is 0 Å². The maximum absolute atomic E-state index is 12.4. The number of carbonyl (C=O) groups excluding carboxylic acids is 1. The van der Waals surface area contributed by atoms with Crippen molar-refractivity contribution in [3.8, 4) is 0 Å². The minimum Gasteiger partial charge on any atom is -0.378 e. The average Bonchev–Trinajstić information content (AvgIpc) is 2.46. The number of fused-ring (bicyclic) bond motifs is 1. The molecule has 5 heteroatoms. The number of nitrogens with one attached hydrogen (secondary N) is 1. The zero-order chi connectivity index (χ0) is 14.1. The van der Waals surface area contributed by atoms with Gasteiger partial charge in [-0.3, -0.25) is 4.79 Å². The Morgan fingerprint density at radius 3 is 3.10 bits per heavy atom. The lowest BCUT2D eigenvalue weighted by molar-refractivity contribution is -0.124. The molecule has 1 aromatic rings. The molecule has 2 aliphatic rings. The van der Waals surface area contributed by atoms with E-state index in [1.54, 1.807) is 4.90 Å². The zero-order valence-electron chi connectivity index (χ0n) is 11.4. The molecule has 0 radical (unpaired) electrons. The molecule has 1 atom stereocenters. The van der Waals surface area contributed by atoms with E-state index in [2.05, 4.69) is 5.32 Å². The van der Waals surface area contributed by atoms with Gasteiger partial charge in [0.15, 0.2) is 0 Å². The fraction of sp³-hybridized carbons (Fsp3) is 0.400. The predicted molar refractivity (Wildman–Crippen MR) is 78.5 cm³/mol. The number of carbonyl (C=O) groups is 1. The van der Waals surface area contributed by atoms with Crippen LogP contribution in [0.2, 0.25) is 5.02 Å². The first kappa shape index (κ1) is 13.6. The molecule has 0 aromatic heterocycles. The Labute approximate surface area is 123 Å². The summed E-state index contributed by atoms with van der Waals surface area (Å²) >= 11 is 6.08. The van der Waals surface area contributed by atoms with Crippen LogP contribution in [0, 0.1) is 0 Å². The van der Waals surface area contributed by atoms with Gasteiger partial charge >= 0.3 is 0 Å². The molecule has 1 N–H and O–H groups in total. The highest BCUT2D eigenvalue weighted by Crippen LogP contribution is 2.30. The molecule has 0 aliphatic carbocycles. The van der Waals surface area contributed by atoms with Crippen molar-refractivity contribution >= 4 is 23.1 Å². The van der Waals surface area contributed by atoms with Crippen molar-refractivity contribution in [1.82, 2.24) is 10.2 Å². The highest BCUT2D eigenvalue weighted by atomic mass is 35.5. The van der Waals surface area contributed by atoms with Gasteiger partial charge in [0.25, 0.3) is 5.91 Å². The van der Waals surface area contributed by atoms with Crippen LogP contribution >= 0.6 is 11.6 Å². The van der Waals surface area contributed by atoms with Crippen LogP contribution in [0.3, 0.4) is 0 Å². The van der Waals surface area contributed by atoms with Crippen LogP contribution in [0.15, 0.2) is 24.3 Å². The average molecular weight is 293 g/mol. The summed E-state index contributed by atoms with van der Waals surface area (Å²) in [7, 11) is 1.82. The Kier molecular flexibility index (Phi) is 3.78. The number of nitrogens with zero attached hydrogens (tertiary/aromatic N) is 1. The van der Waals surface area contributed by atoms with Crippen LogP contribution in [0.5, 0.6) is 0 Å². The first-order valence-corrected chi connectivity index (χ1v) is 7.10. The molecule has 0 bridgehead atoms. The van der Waals surface area contributed by atoms with E-state index in [0.29, 0.717) is 23.7 Å².